The van der Waals surface area contributed by atoms with E-state index in [-0.39, 0.29) is 18.5 Å². The summed E-state index contributed by atoms with van der Waals surface area (Å²) < 4.78 is 5.45. The highest BCUT2D eigenvalue weighted by Gasteiger charge is 2.20. The summed E-state index contributed by atoms with van der Waals surface area (Å²) in [5.41, 5.74) is 0. The Labute approximate surface area is 378 Å². The lowest BCUT2D eigenvalue weighted by molar-refractivity contribution is -0.143. The molecule has 0 aromatic heterocycles. The summed E-state index contributed by atoms with van der Waals surface area (Å²) in [5.74, 6) is -0.0791. The second-order valence-corrected chi connectivity index (χ2v) is 17.8. The third-order valence-electron chi connectivity index (χ3n) is 11.9. The molecule has 0 aliphatic rings. The molecule has 61 heavy (non-hydrogen) atoms. The third-order valence-corrected chi connectivity index (χ3v) is 11.9. The van der Waals surface area contributed by atoms with Crippen LogP contribution in [-0.2, 0) is 14.3 Å². The Balaban J connectivity index is 3.49. The van der Waals surface area contributed by atoms with Gasteiger partial charge in [-0.2, -0.15) is 0 Å². The molecule has 2 unspecified atom stereocenters. The van der Waals surface area contributed by atoms with Crippen molar-refractivity contribution >= 4 is 11.9 Å². The zero-order valence-electron chi connectivity index (χ0n) is 40.4. The summed E-state index contributed by atoms with van der Waals surface area (Å²) in [5, 5.41) is 23.0. The van der Waals surface area contributed by atoms with E-state index in [0.717, 1.165) is 89.9 Å². The minimum atomic E-state index is -0.673. The largest absolute Gasteiger partial charge is 0.466 e. The number of aliphatic hydroxyl groups is 2. The Kier molecular flexibility index (Phi) is 48.7. The van der Waals surface area contributed by atoms with Crippen LogP contribution in [0.15, 0.2) is 48.6 Å². The fraction of sp³-hybridized carbons (Fsp3) is 0.818. The maximum Gasteiger partial charge on any atom is 0.305 e. The molecule has 0 fully saturated rings. The molecule has 1 amide bonds. The van der Waals surface area contributed by atoms with Crippen LogP contribution in [0.1, 0.15) is 264 Å². The monoisotopic (exact) mass is 856 g/mol. The molecule has 0 aliphatic heterocycles. The molecule has 0 radical (unpaired) electrons. The molecule has 0 bridgehead atoms. The second-order valence-electron chi connectivity index (χ2n) is 17.8. The first kappa shape index (κ1) is 58.8. The molecule has 6 nitrogen and oxygen atoms in total. The van der Waals surface area contributed by atoms with E-state index in [1.54, 1.807) is 0 Å². The van der Waals surface area contributed by atoms with Crippen molar-refractivity contribution in [2.45, 2.75) is 276 Å². The van der Waals surface area contributed by atoms with Crippen LogP contribution < -0.4 is 5.32 Å². The number of ether oxygens (including phenoxy) is 1. The molecule has 0 aliphatic carbocycles. The van der Waals surface area contributed by atoms with Crippen molar-refractivity contribution in [2.24, 2.45) is 0 Å². The second kappa shape index (κ2) is 50.5. The number of carbonyl (C=O) groups excluding carboxylic acids is 2. The van der Waals surface area contributed by atoms with Gasteiger partial charge in [-0.05, 0) is 96.3 Å². The Morgan fingerprint density at radius 1 is 0.459 bits per heavy atom. The van der Waals surface area contributed by atoms with Crippen molar-refractivity contribution in [2.75, 3.05) is 13.2 Å². The first-order valence-electron chi connectivity index (χ1n) is 26.4. The van der Waals surface area contributed by atoms with E-state index < -0.39 is 12.1 Å². The van der Waals surface area contributed by atoms with Crippen LogP contribution in [0, 0.1) is 0 Å². The molecule has 0 saturated carbocycles. The fourth-order valence-corrected chi connectivity index (χ4v) is 7.76. The Morgan fingerprint density at radius 3 is 1.26 bits per heavy atom. The molecule has 0 heterocycles. The van der Waals surface area contributed by atoms with Crippen LogP contribution >= 0.6 is 0 Å². The van der Waals surface area contributed by atoms with Gasteiger partial charge in [-0.3, -0.25) is 9.59 Å². The SMILES string of the molecule is CCCCCC/C=C\C/C=C\CCCCCCCCCC(=O)OCCCCC/C=C\C/C=C\CCCCCCCCCC(=O)NC(CO)C(O)CCCCCCCCCCC. The Hall–Kier alpha value is -2.18. The van der Waals surface area contributed by atoms with Gasteiger partial charge in [0, 0.05) is 12.8 Å². The molecule has 356 valence electrons. The van der Waals surface area contributed by atoms with Crippen LogP contribution in [0.5, 0.6) is 0 Å². The van der Waals surface area contributed by atoms with Crippen molar-refractivity contribution in [3.8, 4) is 0 Å². The highest BCUT2D eigenvalue weighted by molar-refractivity contribution is 5.76. The number of rotatable bonds is 48. The standard InChI is InChI=1S/C55H101NO5/c1-3-5-7-9-11-13-14-15-16-17-20-23-26-29-33-37-41-45-49-55(60)61-50-46-42-38-34-30-27-24-21-18-19-22-25-28-32-36-40-44-48-54(59)56-52(51-57)53(58)47-43-39-35-31-12-10-8-6-4-2/h13-14,16-18,21,27,30,52-53,57-58H,3-12,15,19-20,22-26,28-29,31-51H2,1-2H3,(H,56,59)/b14-13-,17-16-,21-18-,30-27-. The summed E-state index contributed by atoms with van der Waals surface area (Å²) in [6, 6.07) is -0.552. The van der Waals surface area contributed by atoms with Gasteiger partial charge in [0.05, 0.1) is 25.4 Å². The van der Waals surface area contributed by atoms with Crippen LogP contribution in [0.4, 0.5) is 0 Å². The number of amides is 1. The number of nitrogens with one attached hydrogen (secondary N) is 1. The van der Waals surface area contributed by atoms with E-state index >= 15 is 0 Å². The summed E-state index contributed by atoms with van der Waals surface area (Å²) in [7, 11) is 0. The van der Waals surface area contributed by atoms with Crippen LogP contribution in [0.3, 0.4) is 0 Å². The molecular formula is C55H101NO5. The molecule has 6 heteroatoms. The number of esters is 1. The lowest BCUT2D eigenvalue weighted by atomic mass is 10.0. The molecular weight excluding hydrogens is 755 g/mol. The molecule has 0 aromatic carbocycles. The van der Waals surface area contributed by atoms with Crippen molar-refractivity contribution in [1.29, 1.82) is 0 Å². The molecule has 0 aromatic rings. The average molecular weight is 856 g/mol. The highest BCUT2D eigenvalue weighted by Crippen LogP contribution is 2.15. The number of allylic oxidation sites excluding steroid dienone is 8. The Bertz CT molecular complexity index is 1040. The van der Waals surface area contributed by atoms with Crippen molar-refractivity contribution in [3.63, 3.8) is 0 Å². The molecule has 0 spiro atoms. The zero-order valence-corrected chi connectivity index (χ0v) is 40.4. The average Bonchev–Trinajstić information content (AvgIpc) is 3.26. The fourth-order valence-electron chi connectivity index (χ4n) is 7.76. The van der Waals surface area contributed by atoms with E-state index in [0.29, 0.717) is 25.9 Å². The summed E-state index contributed by atoms with van der Waals surface area (Å²) in [6.07, 6.45) is 62.4. The predicted octanol–water partition coefficient (Wildman–Crippen LogP) is 15.8. The maximum absolute atomic E-state index is 12.4. The zero-order chi connectivity index (χ0) is 44.4. The van der Waals surface area contributed by atoms with E-state index in [1.807, 2.05) is 0 Å². The summed E-state index contributed by atoms with van der Waals surface area (Å²) in [6.45, 7) is 4.85. The first-order chi connectivity index (χ1) is 30.0. The number of hydrogen-bond donors (Lipinski definition) is 3. The van der Waals surface area contributed by atoms with Crippen molar-refractivity contribution in [1.82, 2.24) is 5.32 Å². The van der Waals surface area contributed by atoms with Crippen LogP contribution in [0.2, 0.25) is 0 Å². The van der Waals surface area contributed by atoms with Crippen LogP contribution in [0.25, 0.3) is 0 Å². The summed E-state index contributed by atoms with van der Waals surface area (Å²) in [4.78, 5) is 24.4. The number of carbonyl (C=O) groups is 2. The quantitative estimate of drug-likeness (QED) is 0.0322. The molecule has 0 rings (SSSR count). The van der Waals surface area contributed by atoms with Gasteiger partial charge in [-0.25, -0.2) is 0 Å². The Morgan fingerprint density at radius 2 is 0.820 bits per heavy atom. The number of hydrogen-bond acceptors (Lipinski definition) is 5. The van der Waals surface area contributed by atoms with Gasteiger partial charge in [-0.15, -0.1) is 0 Å². The maximum atomic E-state index is 12.4. The predicted molar refractivity (Wildman–Crippen MR) is 264 cm³/mol. The van der Waals surface area contributed by atoms with Gasteiger partial charge in [0.2, 0.25) is 5.91 Å². The highest BCUT2D eigenvalue weighted by atomic mass is 16.5. The van der Waals surface area contributed by atoms with Gasteiger partial charge in [0.25, 0.3) is 0 Å². The molecule has 3 N–H and O–H groups in total. The van der Waals surface area contributed by atoms with Gasteiger partial charge < -0.3 is 20.3 Å². The van der Waals surface area contributed by atoms with E-state index in [4.69, 9.17) is 4.74 Å². The smallest absolute Gasteiger partial charge is 0.305 e. The minimum absolute atomic E-state index is 0.0238. The van der Waals surface area contributed by atoms with Gasteiger partial charge in [0.15, 0.2) is 0 Å². The summed E-state index contributed by atoms with van der Waals surface area (Å²) >= 11 is 0. The van der Waals surface area contributed by atoms with Crippen molar-refractivity contribution in [3.05, 3.63) is 48.6 Å². The molecule has 2 atom stereocenters. The number of aliphatic hydroxyl groups excluding tert-OH is 2. The van der Waals surface area contributed by atoms with Crippen molar-refractivity contribution < 1.29 is 24.5 Å². The lowest BCUT2D eigenvalue weighted by Crippen LogP contribution is -2.45. The van der Waals surface area contributed by atoms with Gasteiger partial charge in [-0.1, -0.05) is 204 Å². The topological polar surface area (TPSA) is 95.9 Å². The normalized spacial score (nSPS) is 13.0. The van der Waals surface area contributed by atoms with Gasteiger partial charge >= 0.3 is 5.97 Å². The van der Waals surface area contributed by atoms with E-state index in [1.165, 1.54) is 141 Å². The van der Waals surface area contributed by atoms with Gasteiger partial charge in [0.1, 0.15) is 0 Å². The van der Waals surface area contributed by atoms with E-state index in [2.05, 4.69) is 67.8 Å². The lowest BCUT2D eigenvalue weighted by Gasteiger charge is -2.22. The first-order valence-corrected chi connectivity index (χ1v) is 26.4. The van der Waals surface area contributed by atoms with Crippen LogP contribution in [-0.4, -0.2) is 47.4 Å². The third kappa shape index (κ3) is 47.1. The number of unbranched alkanes of at least 4 members (excludes halogenated alkanes) is 29. The molecule has 0 saturated heterocycles. The van der Waals surface area contributed by atoms with E-state index in [9.17, 15) is 19.8 Å². The minimum Gasteiger partial charge on any atom is -0.466 e.